The van der Waals surface area contributed by atoms with Gasteiger partial charge in [0.05, 0.1) is 29.8 Å². The number of halogens is 6. The van der Waals surface area contributed by atoms with E-state index in [0.717, 1.165) is 17.0 Å². The predicted molar refractivity (Wildman–Crippen MR) is 97.5 cm³/mol. The van der Waals surface area contributed by atoms with E-state index in [0.29, 0.717) is 13.0 Å². The Hall–Kier alpha value is -2.30. The van der Waals surface area contributed by atoms with Crippen LogP contribution >= 0.6 is 0 Å². The molecule has 5 nitrogen and oxygen atoms in total. The summed E-state index contributed by atoms with van der Waals surface area (Å²) in [6.45, 7) is 0.925. The average molecular weight is 439 g/mol. The number of carbonyl (C=O) groups excluding carboxylic acids is 2. The first-order valence-corrected chi connectivity index (χ1v) is 9.32. The molecule has 0 saturated carbocycles. The van der Waals surface area contributed by atoms with E-state index < -0.39 is 53.9 Å². The van der Waals surface area contributed by atoms with Crippen LogP contribution in [-0.4, -0.2) is 60.5 Å². The number of amides is 2. The molecule has 1 N–H and O–H groups in total. The molecule has 168 valence electrons. The van der Waals surface area contributed by atoms with E-state index in [1.807, 2.05) is 0 Å². The topological polar surface area (TPSA) is 52.7 Å². The van der Waals surface area contributed by atoms with Crippen LogP contribution < -0.4 is 5.32 Å². The van der Waals surface area contributed by atoms with Crippen LogP contribution in [0.5, 0.6) is 0 Å². The Kier molecular flexibility index (Phi) is 7.38. The fraction of sp³-hybridized carbons (Fsp3) is 0.579. The van der Waals surface area contributed by atoms with E-state index in [1.54, 1.807) is 0 Å². The van der Waals surface area contributed by atoms with Gasteiger partial charge in [-0.1, -0.05) is 12.1 Å². The van der Waals surface area contributed by atoms with Crippen molar-refractivity contribution in [3.05, 3.63) is 29.8 Å². The number of piperidine rings is 1. The summed E-state index contributed by atoms with van der Waals surface area (Å²) in [5.41, 5.74) is -1.46. The van der Waals surface area contributed by atoms with Crippen LogP contribution in [0, 0.1) is 5.92 Å². The number of nitrogens with one attached hydrogen (secondary N) is 1. The van der Waals surface area contributed by atoms with Crippen molar-refractivity contribution >= 4 is 17.5 Å². The highest BCUT2D eigenvalue weighted by Gasteiger charge is 2.43. The number of para-hydroxylation sites is 1. The highest BCUT2D eigenvalue weighted by molar-refractivity contribution is 5.95. The molecule has 0 radical (unpaired) electrons. The van der Waals surface area contributed by atoms with Crippen molar-refractivity contribution in [3.63, 3.8) is 0 Å². The minimum absolute atomic E-state index is 0.00221. The molecule has 1 heterocycles. The smallest absolute Gasteiger partial charge is 0.335 e. The summed E-state index contributed by atoms with van der Waals surface area (Å²) in [4.78, 5) is 27.1. The second-order valence-electron chi connectivity index (χ2n) is 7.34. The summed E-state index contributed by atoms with van der Waals surface area (Å²) >= 11 is 0. The molecule has 0 bridgehead atoms. The fourth-order valence-corrected chi connectivity index (χ4v) is 3.42. The maximum Gasteiger partial charge on any atom is 0.418 e. The lowest BCUT2D eigenvalue weighted by Crippen LogP contribution is -2.52. The quantitative estimate of drug-likeness (QED) is 0.711. The third-order valence-corrected chi connectivity index (χ3v) is 5.08. The third-order valence-electron chi connectivity index (χ3n) is 5.08. The Morgan fingerprint density at radius 1 is 1.20 bits per heavy atom. The van der Waals surface area contributed by atoms with E-state index in [1.165, 1.54) is 31.0 Å². The van der Waals surface area contributed by atoms with Gasteiger partial charge in [0.2, 0.25) is 11.8 Å². The van der Waals surface area contributed by atoms with Crippen LogP contribution in [-0.2, 0) is 15.8 Å². The van der Waals surface area contributed by atoms with Crippen molar-refractivity contribution in [2.45, 2.75) is 38.2 Å². The zero-order valence-corrected chi connectivity index (χ0v) is 16.5. The van der Waals surface area contributed by atoms with Crippen molar-refractivity contribution in [2.75, 3.05) is 32.0 Å². The van der Waals surface area contributed by atoms with E-state index in [2.05, 4.69) is 5.32 Å². The third kappa shape index (κ3) is 6.10. The number of benzene rings is 1. The van der Waals surface area contributed by atoms with Crippen LogP contribution in [0.2, 0.25) is 0 Å². The molecule has 1 aliphatic rings. The maximum atomic E-state index is 13.0. The number of nitrogens with zero attached hydrogens (tertiary/aromatic N) is 2. The number of likely N-dealkylation sites (tertiary alicyclic amines) is 1. The Balaban J connectivity index is 1.98. The molecule has 1 aromatic carbocycles. The van der Waals surface area contributed by atoms with Gasteiger partial charge in [-0.25, -0.2) is 0 Å². The molecule has 1 fully saturated rings. The number of hydrogen-bond acceptors (Lipinski definition) is 3. The number of hydrogen-bond donors (Lipinski definition) is 1. The van der Waals surface area contributed by atoms with Gasteiger partial charge in [-0.15, -0.1) is 0 Å². The summed E-state index contributed by atoms with van der Waals surface area (Å²) in [6, 6.07) is 3.53. The van der Waals surface area contributed by atoms with Gasteiger partial charge in [0.15, 0.2) is 0 Å². The fourth-order valence-electron chi connectivity index (χ4n) is 3.42. The standard InChI is InChI=1S/C19H23F6N3O2/c1-12(28-9-5-6-13(10-28)18(20,21)22)17(30)27(2)11-16(29)26-15-8-4-3-7-14(15)19(23,24)25/h3-4,7-8,12-13H,5-6,9-11H2,1-2H3,(H,26,29)/t12-,13+/m0/s1. The van der Waals surface area contributed by atoms with Gasteiger partial charge in [-0.3, -0.25) is 14.5 Å². The first-order chi connectivity index (χ1) is 13.8. The monoisotopic (exact) mass is 439 g/mol. The number of anilines is 1. The summed E-state index contributed by atoms with van der Waals surface area (Å²) in [7, 11) is 1.28. The van der Waals surface area contributed by atoms with Gasteiger partial charge in [0.25, 0.3) is 0 Å². The lowest BCUT2D eigenvalue weighted by Gasteiger charge is -2.37. The van der Waals surface area contributed by atoms with E-state index >= 15 is 0 Å². The molecule has 0 spiro atoms. The summed E-state index contributed by atoms with van der Waals surface area (Å²) in [5.74, 6) is -2.95. The molecule has 1 aliphatic heterocycles. The lowest BCUT2D eigenvalue weighted by molar-refractivity contribution is -0.189. The molecule has 2 amide bonds. The Morgan fingerprint density at radius 3 is 2.43 bits per heavy atom. The second-order valence-corrected chi connectivity index (χ2v) is 7.34. The van der Waals surface area contributed by atoms with Gasteiger partial charge >= 0.3 is 12.4 Å². The predicted octanol–water partition coefficient (Wildman–Crippen LogP) is 3.77. The molecule has 0 aromatic heterocycles. The largest absolute Gasteiger partial charge is 0.418 e. The van der Waals surface area contributed by atoms with Crippen molar-refractivity contribution in [1.82, 2.24) is 9.80 Å². The summed E-state index contributed by atoms with van der Waals surface area (Å²) in [5, 5.41) is 2.13. The first-order valence-electron chi connectivity index (χ1n) is 9.32. The van der Waals surface area contributed by atoms with E-state index in [4.69, 9.17) is 0 Å². The van der Waals surface area contributed by atoms with Gasteiger partial charge < -0.3 is 10.2 Å². The van der Waals surface area contributed by atoms with Gasteiger partial charge in [-0.2, -0.15) is 26.3 Å². The molecule has 0 aliphatic carbocycles. The average Bonchev–Trinajstić information content (AvgIpc) is 2.65. The number of rotatable bonds is 5. The molecule has 2 rings (SSSR count). The van der Waals surface area contributed by atoms with Crippen molar-refractivity contribution in [1.29, 1.82) is 0 Å². The van der Waals surface area contributed by atoms with Crippen molar-refractivity contribution in [3.8, 4) is 0 Å². The molecule has 1 saturated heterocycles. The highest BCUT2D eigenvalue weighted by atomic mass is 19.4. The van der Waals surface area contributed by atoms with E-state index in [9.17, 15) is 35.9 Å². The SMILES string of the molecule is C[C@@H](C(=O)N(C)CC(=O)Nc1ccccc1C(F)(F)F)N1CCC[C@@H](C(F)(F)F)C1. The van der Waals surface area contributed by atoms with Crippen molar-refractivity contribution in [2.24, 2.45) is 5.92 Å². The van der Waals surface area contributed by atoms with Crippen LogP contribution in [0.3, 0.4) is 0 Å². The van der Waals surface area contributed by atoms with Crippen LogP contribution in [0.4, 0.5) is 32.0 Å². The molecule has 30 heavy (non-hydrogen) atoms. The Labute approximate surface area is 170 Å². The van der Waals surface area contributed by atoms with Crippen molar-refractivity contribution < 1.29 is 35.9 Å². The first kappa shape index (κ1) is 24.0. The normalized spacial score (nSPS) is 19.3. The zero-order valence-electron chi connectivity index (χ0n) is 16.5. The Bertz CT molecular complexity index is 765. The molecular formula is C19H23F6N3O2. The van der Waals surface area contributed by atoms with Gasteiger partial charge in [0, 0.05) is 13.6 Å². The van der Waals surface area contributed by atoms with Crippen LogP contribution in [0.25, 0.3) is 0 Å². The van der Waals surface area contributed by atoms with Gasteiger partial charge in [0.1, 0.15) is 0 Å². The van der Waals surface area contributed by atoms with Gasteiger partial charge in [-0.05, 0) is 38.4 Å². The van der Waals surface area contributed by atoms with Crippen LogP contribution in [0.1, 0.15) is 25.3 Å². The summed E-state index contributed by atoms with van der Waals surface area (Å²) in [6.07, 6.45) is -8.72. The molecular weight excluding hydrogens is 416 g/mol. The highest BCUT2D eigenvalue weighted by Crippen LogP contribution is 2.35. The summed E-state index contributed by atoms with van der Waals surface area (Å²) < 4.78 is 78.0. The number of carbonyl (C=O) groups is 2. The van der Waals surface area contributed by atoms with E-state index in [-0.39, 0.29) is 13.0 Å². The minimum Gasteiger partial charge on any atom is -0.335 e. The number of likely N-dealkylation sites (N-methyl/N-ethyl adjacent to an activating group) is 1. The number of alkyl halides is 6. The molecule has 1 aromatic rings. The zero-order chi connectivity index (χ0) is 22.7. The molecule has 11 heteroatoms. The molecule has 0 unspecified atom stereocenters. The van der Waals surface area contributed by atoms with Crippen LogP contribution in [0.15, 0.2) is 24.3 Å². The lowest BCUT2D eigenvalue weighted by atomic mass is 9.96. The Morgan fingerprint density at radius 2 is 1.83 bits per heavy atom. The minimum atomic E-state index is -4.66. The second kappa shape index (κ2) is 9.23. The maximum absolute atomic E-state index is 13.0. The molecule has 2 atom stereocenters.